The van der Waals surface area contributed by atoms with E-state index in [0.29, 0.717) is 5.02 Å². The van der Waals surface area contributed by atoms with Gasteiger partial charge in [0.15, 0.2) is 0 Å². The molecule has 1 unspecified atom stereocenters. The summed E-state index contributed by atoms with van der Waals surface area (Å²) in [5.74, 6) is -0.0750. The minimum absolute atomic E-state index is 0.0750. The number of nitrogens with one attached hydrogen (secondary N) is 1. The molecule has 1 rings (SSSR count). The Morgan fingerprint density at radius 2 is 2.18 bits per heavy atom. The minimum Gasteiger partial charge on any atom is -0.396 e. The molecule has 0 saturated heterocycles. The van der Waals surface area contributed by atoms with E-state index in [1.165, 1.54) is 0 Å². The zero-order chi connectivity index (χ0) is 12.9. The van der Waals surface area contributed by atoms with Crippen LogP contribution in [0.15, 0.2) is 24.3 Å². The highest BCUT2D eigenvalue weighted by atomic mass is 35.5. The molecule has 0 heterocycles. The highest BCUT2D eigenvalue weighted by Gasteiger charge is 2.15. The van der Waals surface area contributed by atoms with E-state index in [4.69, 9.17) is 16.7 Å². The summed E-state index contributed by atoms with van der Waals surface area (Å²) in [6, 6.07) is 6.71. The van der Waals surface area contributed by atoms with Crippen LogP contribution < -0.4 is 4.72 Å². The van der Waals surface area contributed by atoms with Gasteiger partial charge in [-0.2, -0.15) is 0 Å². The van der Waals surface area contributed by atoms with Crippen LogP contribution >= 0.6 is 11.6 Å². The van der Waals surface area contributed by atoms with Crippen molar-refractivity contribution in [2.45, 2.75) is 19.4 Å². The van der Waals surface area contributed by atoms with Crippen molar-refractivity contribution in [1.82, 2.24) is 4.72 Å². The third-order valence-electron chi connectivity index (χ3n) is 2.28. The van der Waals surface area contributed by atoms with Crippen molar-refractivity contribution < 1.29 is 13.5 Å². The Morgan fingerprint density at radius 3 is 2.76 bits per heavy atom. The summed E-state index contributed by atoms with van der Waals surface area (Å²) in [4.78, 5) is 0. The molecule has 6 heteroatoms. The first-order valence-electron chi connectivity index (χ1n) is 5.31. The van der Waals surface area contributed by atoms with Crippen molar-refractivity contribution >= 4 is 21.6 Å². The maximum absolute atomic E-state index is 11.6. The van der Waals surface area contributed by atoms with E-state index in [1.807, 2.05) is 6.07 Å². The molecule has 96 valence electrons. The normalized spacial score (nSPS) is 13.6. The fourth-order valence-electron chi connectivity index (χ4n) is 1.43. The monoisotopic (exact) mass is 277 g/mol. The molecule has 17 heavy (non-hydrogen) atoms. The number of hydrogen-bond acceptors (Lipinski definition) is 3. The van der Waals surface area contributed by atoms with Gasteiger partial charge in [0.2, 0.25) is 10.0 Å². The van der Waals surface area contributed by atoms with Gasteiger partial charge in [-0.05, 0) is 31.0 Å². The molecule has 0 aliphatic carbocycles. The summed E-state index contributed by atoms with van der Waals surface area (Å²) < 4.78 is 25.7. The van der Waals surface area contributed by atoms with Crippen LogP contribution in [0.3, 0.4) is 0 Å². The molecule has 0 aliphatic rings. The van der Waals surface area contributed by atoms with E-state index in [-0.39, 0.29) is 24.8 Å². The smallest absolute Gasteiger partial charge is 0.212 e. The van der Waals surface area contributed by atoms with E-state index in [0.717, 1.165) is 5.56 Å². The summed E-state index contributed by atoms with van der Waals surface area (Å²) >= 11 is 5.83. The lowest BCUT2D eigenvalue weighted by molar-refractivity contribution is 0.295. The quantitative estimate of drug-likeness (QED) is 0.832. The van der Waals surface area contributed by atoms with Crippen LogP contribution in [-0.4, -0.2) is 25.9 Å². The zero-order valence-electron chi connectivity index (χ0n) is 9.56. The third-order valence-corrected chi connectivity index (χ3v) is 4.05. The van der Waals surface area contributed by atoms with Crippen LogP contribution in [-0.2, 0) is 10.0 Å². The second-order valence-electron chi connectivity index (χ2n) is 3.79. The van der Waals surface area contributed by atoms with E-state index >= 15 is 0 Å². The molecule has 0 radical (unpaired) electrons. The Labute approximate surface area is 107 Å². The van der Waals surface area contributed by atoms with E-state index in [1.54, 1.807) is 25.1 Å². The van der Waals surface area contributed by atoms with Crippen molar-refractivity contribution in [3.8, 4) is 0 Å². The van der Waals surface area contributed by atoms with Gasteiger partial charge in [0.05, 0.1) is 5.75 Å². The number of rotatable bonds is 6. The second kappa shape index (κ2) is 6.35. The third kappa shape index (κ3) is 5.04. The number of aliphatic hydroxyl groups excluding tert-OH is 1. The van der Waals surface area contributed by atoms with Crippen LogP contribution in [0.2, 0.25) is 5.02 Å². The summed E-state index contributed by atoms with van der Waals surface area (Å²) in [5, 5.41) is 9.18. The van der Waals surface area contributed by atoms with Gasteiger partial charge in [-0.3, -0.25) is 0 Å². The molecule has 0 fully saturated rings. The zero-order valence-corrected chi connectivity index (χ0v) is 11.1. The number of halogens is 1. The molecule has 0 aliphatic heterocycles. The van der Waals surface area contributed by atoms with E-state index < -0.39 is 10.0 Å². The van der Waals surface area contributed by atoms with Crippen LogP contribution in [0.5, 0.6) is 0 Å². The van der Waals surface area contributed by atoms with Crippen molar-refractivity contribution in [3.63, 3.8) is 0 Å². The lowest BCUT2D eigenvalue weighted by atomic mass is 10.1. The molecule has 1 atom stereocenters. The maximum Gasteiger partial charge on any atom is 0.212 e. The first-order valence-corrected chi connectivity index (χ1v) is 7.34. The lowest BCUT2D eigenvalue weighted by Crippen LogP contribution is -2.29. The Morgan fingerprint density at radius 1 is 1.47 bits per heavy atom. The molecule has 0 amide bonds. The fraction of sp³-hybridized carbons (Fsp3) is 0.455. The fourth-order valence-corrected chi connectivity index (χ4v) is 2.93. The standard InChI is InChI=1S/C11H16ClNO3S/c1-9(10-4-2-5-11(12)8-10)13-17(15,16)7-3-6-14/h2,4-5,8-9,13-14H,3,6-7H2,1H3. The van der Waals surface area contributed by atoms with Crippen LogP contribution in [0.1, 0.15) is 24.9 Å². The van der Waals surface area contributed by atoms with E-state index in [2.05, 4.69) is 4.72 Å². The van der Waals surface area contributed by atoms with Gasteiger partial charge < -0.3 is 5.11 Å². The van der Waals surface area contributed by atoms with Gasteiger partial charge in [-0.15, -0.1) is 0 Å². The van der Waals surface area contributed by atoms with Gasteiger partial charge in [-0.1, -0.05) is 23.7 Å². The summed E-state index contributed by atoms with van der Waals surface area (Å²) in [5.41, 5.74) is 0.810. The second-order valence-corrected chi connectivity index (χ2v) is 6.10. The molecule has 4 nitrogen and oxygen atoms in total. The van der Waals surface area contributed by atoms with Crippen molar-refractivity contribution in [2.24, 2.45) is 0 Å². The van der Waals surface area contributed by atoms with Gasteiger partial charge in [-0.25, -0.2) is 13.1 Å². The van der Waals surface area contributed by atoms with Crippen molar-refractivity contribution in [1.29, 1.82) is 0 Å². The Bertz CT molecular complexity index is 462. The molecule has 1 aromatic carbocycles. The predicted octanol–water partition coefficient (Wildman–Crippen LogP) is 1.70. The largest absolute Gasteiger partial charge is 0.396 e. The number of benzene rings is 1. The van der Waals surface area contributed by atoms with Gasteiger partial charge in [0, 0.05) is 17.7 Å². The van der Waals surface area contributed by atoms with Gasteiger partial charge in [0.1, 0.15) is 0 Å². The summed E-state index contributed by atoms with van der Waals surface area (Å²) in [6.07, 6.45) is 0.234. The highest BCUT2D eigenvalue weighted by Crippen LogP contribution is 2.18. The SMILES string of the molecule is CC(NS(=O)(=O)CCCO)c1cccc(Cl)c1. The molecule has 2 N–H and O–H groups in total. The Kier molecular flexibility index (Phi) is 5.39. The number of sulfonamides is 1. The number of hydrogen-bond donors (Lipinski definition) is 2. The van der Waals surface area contributed by atoms with Gasteiger partial charge in [0.25, 0.3) is 0 Å². The first kappa shape index (κ1) is 14.4. The molecular weight excluding hydrogens is 262 g/mol. The predicted molar refractivity (Wildman–Crippen MR) is 68.5 cm³/mol. The average molecular weight is 278 g/mol. The molecule has 0 spiro atoms. The van der Waals surface area contributed by atoms with Crippen LogP contribution in [0, 0.1) is 0 Å². The van der Waals surface area contributed by atoms with Gasteiger partial charge >= 0.3 is 0 Å². The van der Waals surface area contributed by atoms with E-state index in [9.17, 15) is 8.42 Å². The lowest BCUT2D eigenvalue weighted by Gasteiger charge is -2.14. The highest BCUT2D eigenvalue weighted by molar-refractivity contribution is 7.89. The molecule has 0 saturated carbocycles. The minimum atomic E-state index is -3.36. The van der Waals surface area contributed by atoms with Crippen LogP contribution in [0.25, 0.3) is 0 Å². The molecule has 0 aromatic heterocycles. The Hall–Kier alpha value is -0.620. The molecular formula is C11H16ClNO3S. The number of aliphatic hydroxyl groups is 1. The topological polar surface area (TPSA) is 66.4 Å². The molecule has 1 aromatic rings. The molecule has 0 bridgehead atoms. The average Bonchev–Trinajstić information content (AvgIpc) is 2.26. The Balaban J connectivity index is 2.69. The van der Waals surface area contributed by atoms with Crippen LogP contribution in [0.4, 0.5) is 0 Å². The van der Waals surface area contributed by atoms with Crippen molar-refractivity contribution in [3.05, 3.63) is 34.9 Å². The maximum atomic E-state index is 11.6. The summed E-state index contributed by atoms with van der Waals surface area (Å²) in [7, 11) is -3.36. The van der Waals surface area contributed by atoms with Crippen molar-refractivity contribution in [2.75, 3.05) is 12.4 Å². The summed E-state index contributed by atoms with van der Waals surface area (Å²) in [6.45, 7) is 1.62. The first-order chi connectivity index (χ1) is 7.94.